The number of nitrogens with two attached hydrogens (primary N) is 1. The summed E-state index contributed by atoms with van der Waals surface area (Å²) in [6, 6.07) is 11.1. The number of carbonyl (C=O) groups excluding carboxylic acids is 1. The smallest absolute Gasteiger partial charge is 0.339 e. The fourth-order valence-corrected chi connectivity index (χ4v) is 1.95. The van der Waals surface area contributed by atoms with E-state index in [4.69, 9.17) is 20.6 Å². The van der Waals surface area contributed by atoms with Crippen LogP contribution in [0, 0.1) is 5.41 Å². The predicted molar refractivity (Wildman–Crippen MR) is 98.7 cm³/mol. The number of ether oxygens (including phenoxy) is 2. The molecule has 0 heterocycles. The summed E-state index contributed by atoms with van der Waals surface area (Å²) in [5.74, 6) is 0.277. The number of nitrogens with one attached hydrogen (secondary N) is 1. The number of hydrogen-bond donors (Lipinski definition) is 3. The zero-order valence-electron chi connectivity index (χ0n) is 13.8. The molecule has 6 nitrogen and oxygen atoms in total. The highest BCUT2D eigenvalue weighted by atomic mass is 35.5. The van der Waals surface area contributed by atoms with Crippen LogP contribution in [0.15, 0.2) is 48.0 Å². The normalized spacial score (nSPS) is 10.6. The number of hydrogen-bond acceptors (Lipinski definition) is 5. The van der Waals surface area contributed by atoms with Gasteiger partial charge in [0.05, 0.1) is 7.11 Å². The number of nitrogen functional groups attached to an aromatic ring is 1. The Hall–Kier alpha value is -2.99. The van der Waals surface area contributed by atoms with E-state index in [1.807, 2.05) is 0 Å². The van der Waals surface area contributed by atoms with Crippen molar-refractivity contribution in [3.8, 4) is 17.2 Å². The van der Waals surface area contributed by atoms with Crippen molar-refractivity contribution < 1.29 is 19.4 Å². The Morgan fingerprint density at radius 1 is 1.16 bits per heavy atom. The van der Waals surface area contributed by atoms with Gasteiger partial charge in [-0.25, -0.2) is 4.79 Å². The average Bonchev–Trinajstić information content (AvgIpc) is 2.57. The molecule has 0 aliphatic carbocycles. The van der Waals surface area contributed by atoms with E-state index in [0.29, 0.717) is 28.2 Å². The summed E-state index contributed by atoms with van der Waals surface area (Å²) in [5.41, 5.74) is 6.72. The Balaban J connectivity index is 0.00000312. The first-order valence-electron chi connectivity index (χ1n) is 7.12. The van der Waals surface area contributed by atoms with E-state index in [-0.39, 0.29) is 24.0 Å². The zero-order valence-corrected chi connectivity index (χ0v) is 14.6. The number of halogens is 1. The molecule has 0 radical (unpaired) electrons. The largest absolute Gasteiger partial charge is 0.507 e. The summed E-state index contributed by atoms with van der Waals surface area (Å²) >= 11 is 0. The van der Waals surface area contributed by atoms with Crippen LogP contribution in [0.3, 0.4) is 0 Å². The highest BCUT2D eigenvalue weighted by Gasteiger charge is 2.10. The molecule has 0 aliphatic rings. The number of phenols is 1. The van der Waals surface area contributed by atoms with Crippen LogP contribution >= 0.6 is 12.4 Å². The van der Waals surface area contributed by atoms with Gasteiger partial charge in [-0.05, 0) is 49.4 Å². The van der Waals surface area contributed by atoms with Crippen LogP contribution in [0.4, 0.5) is 0 Å². The Morgan fingerprint density at radius 3 is 2.28 bits per heavy atom. The summed E-state index contributed by atoms with van der Waals surface area (Å²) in [5, 5.41) is 17.2. The summed E-state index contributed by atoms with van der Waals surface area (Å²) in [7, 11) is 1.50. The van der Waals surface area contributed by atoms with Crippen molar-refractivity contribution in [3.63, 3.8) is 0 Å². The van der Waals surface area contributed by atoms with Crippen LogP contribution in [-0.2, 0) is 4.79 Å². The quantitative estimate of drug-likeness (QED) is 0.249. The maximum Gasteiger partial charge on any atom is 0.339 e. The van der Waals surface area contributed by atoms with E-state index in [2.05, 4.69) is 0 Å². The number of carbonyl (C=O) groups is 1. The number of rotatable bonds is 5. The van der Waals surface area contributed by atoms with Crippen molar-refractivity contribution in [1.29, 1.82) is 5.41 Å². The van der Waals surface area contributed by atoms with Crippen LogP contribution in [0.25, 0.3) is 6.08 Å². The van der Waals surface area contributed by atoms with Gasteiger partial charge in [0, 0.05) is 22.8 Å². The predicted octanol–water partition coefficient (Wildman–Crippen LogP) is 3.12. The fraction of sp³-hybridized carbons (Fsp3) is 0.111. The molecular formula is C18H19ClN2O4. The topological polar surface area (TPSA) is 106 Å². The molecule has 0 aliphatic heterocycles. The van der Waals surface area contributed by atoms with Crippen LogP contribution in [-0.4, -0.2) is 24.0 Å². The molecule has 2 aromatic rings. The summed E-state index contributed by atoms with van der Waals surface area (Å²) in [4.78, 5) is 12.1. The fourth-order valence-electron chi connectivity index (χ4n) is 1.95. The van der Waals surface area contributed by atoms with E-state index in [1.165, 1.54) is 19.3 Å². The molecule has 2 rings (SSSR count). The number of aromatic hydroxyl groups is 1. The molecule has 0 spiro atoms. The molecule has 0 fully saturated rings. The van der Waals surface area contributed by atoms with Gasteiger partial charge in [0.15, 0.2) is 0 Å². The number of phenolic OH excluding ortho intramolecular Hbond substituents is 1. The van der Waals surface area contributed by atoms with Crippen LogP contribution in [0.2, 0.25) is 0 Å². The molecule has 132 valence electrons. The molecule has 0 amide bonds. The lowest BCUT2D eigenvalue weighted by Crippen LogP contribution is -2.12. The first-order valence-corrected chi connectivity index (χ1v) is 7.12. The lowest BCUT2D eigenvalue weighted by Gasteiger charge is -2.07. The Kier molecular flexibility index (Phi) is 7.02. The highest BCUT2D eigenvalue weighted by Crippen LogP contribution is 2.25. The van der Waals surface area contributed by atoms with Crippen molar-refractivity contribution >= 4 is 30.3 Å². The Labute approximate surface area is 151 Å². The zero-order chi connectivity index (χ0) is 17.7. The molecular weight excluding hydrogens is 344 g/mol. The molecule has 0 saturated heterocycles. The number of amidine groups is 1. The Morgan fingerprint density at radius 2 is 1.76 bits per heavy atom. The summed E-state index contributed by atoms with van der Waals surface area (Å²) < 4.78 is 10.3. The highest BCUT2D eigenvalue weighted by molar-refractivity contribution is 5.96. The molecule has 0 bridgehead atoms. The lowest BCUT2D eigenvalue weighted by atomic mass is 10.1. The minimum atomic E-state index is -0.541. The molecule has 2 aromatic carbocycles. The van der Waals surface area contributed by atoms with E-state index in [1.54, 1.807) is 43.3 Å². The summed E-state index contributed by atoms with van der Waals surface area (Å²) in [6.45, 7) is 1.59. The molecule has 7 heteroatoms. The molecule has 0 aromatic heterocycles. The first-order chi connectivity index (χ1) is 11.4. The maximum atomic E-state index is 12.1. The lowest BCUT2D eigenvalue weighted by molar-refractivity contribution is -0.130. The second-order valence-corrected chi connectivity index (χ2v) is 5.08. The van der Waals surface area contributed by atoms with Crippen molar-refractivity contribution in [2.45, 2.75) is 6.92 Å². The van der Waals surface area contributed by atoms with Crippen LogP contribution in [0.5, 0.6) is 17.2 Å². The van der Waals surface area contributed by atoms with Gasteiger partial charge in [0.2, 0.25) is 0 Å². The van der Waals surface area contributed by atoms with Gasteiger partial charge in [0.25, 0.3) is 0 Å². The monoisotopic (exact) mass is 362 g/mol. The average molecular weight is 363 g/mol. The van der Waals surface area contributed by atoms with Gasteiger partial charge in [-0.1, -0.05) is 0 Å². The second-order valence-electron chi connectivity index (χ2n) is 5.08. The number of esters is 1. The molecule has 0 saturated carbocycles. The van der Waals surface area contributed by atoms with Gasteiger partial charge in [-0.2, -0.15) is 0 Å². The van der Waals surface area contributed by atoms with Gasteiger partial charge in [0.1, 0.15) is 23.1 Å². The van der Waals surface area contributed by atoms with Gasteiger partial charge in [-0.15, -0.1) is 12.4 Å². The third kappa shape index (κ3) is 5.26. The van der Waals surface area contributed by atoms with Crippen LogP contribution < -0.4 is 15.2 Å². The minimum absolute atomic E-state index is 0. The molecule has 4 N–H and O–H groups in total. The van der Waals surface area contributed by atoms with Gasteiger partial charge in [-0.3, -0.25) is 5.41 Å². The van der Waals surface area contributed by atoms with Crippen molar-refractivity contribution in [2.75, 3.05) is 7.11 Å². The van der Waals surface area contributed by atoms with E-state index in [9.17, 15) is 9.90 Å². The first kappa shape index (κ1) is 20.1. The van der Waals surface area contributed by atoms with E-state index >= 15 is 0 Å². The van der Waals surface area contributed by atoms with Crippen molar-refractivity contribution in [3.05, 3.63) is 59.2 Å². The number of methoxy groups -OCH3 is 1. The molecule has 0 atom stereocenters. The standard InChI is InChI=1S/C18H18N2O4.ClH/c1-11(9-13-5-8-15(23-2)10-16(13)21)18(22)24-14-6-3-12(4-7-14)17(19)20;/h3-10,21H,1-2H3,(H3,19,20);1H/b11-9+;. The Bertz CT molecular complexity index is 801. The second kappa shape index (κ2) is 8.75. The third-order valence-corrected chi connectivity index (χ3v) is 3.31. The van der Waals surface area contributed by atoms with Gasteiger partial charge < -0.3 is 20.3 Å². The molecule has 25 heavy (non-hydrogen) atoms. The summed E-state index contributed by atoms with van der Waals surface area (Å²) in [6.07, 6.45) is 1.53. The van der Waals surface area contributed by atoms with Crippen LogP contribution in [0.1, 0.15) is 18.1 Å². The van der Waals surface area contributed by atoms with Gasteiger partial charge >= 0.3 is 5.97 Å². The minimum Gasteiger partial charge on any atom is -0.507 e. The van der Waals surface area contributed by atoms with E-state index in [0.717, 1.165) is 0 Å². The van der Waals surface area contributed by atoms with Crippen molar-refractivity contribution in [1.82, 2.24) is 0 Å². The SMILES string of the molecule is COc1ccc(/C=C(\C)C(=O)Oc2ccc(C(=N)N)cc2)c(O)c1.Cl. The number of benzene rings is 2. The third-order valence-electron chi connectivity index (χ3n) is 3.31. The van der Waals surface area contributed by atoms with Crippen molar-refractivity contribution in [2.24, 2.45) is 5.73 Å². The maximum absolute atomic E-state index is 12.1. The molecule has 0 unspecified atom stereocenters. The van der Waals surface area contributed by atoms with E-state index < -0.39 is 5.97 Å².